The molecule has 6 heteroatoms. The van der Waals surface area contributed by atoms with Crippen molar-refractivity contribution in [3.05, 3.63) is 0 Å². The Morgan fingerprint density at radius 1 is 1.59 bits per heavy atom. The number of morpholine rings is 1. The van der Waals surface area contributed by atoms with E-state index in [0.29, 0.717) is 26.3 Å². The molecule has 0 bridgehead atoms. The highest BCUT2D eigenvalue weighted by Crippen LogP contribution is 2.12. The van der Waals surface area contributed by atoms with E-state index >= 15 is 0 Å². The molecule has 1 rings (SSSR count). The number of nitrogens with one attached hydrogen (secondary N) is 1. The summed E-state index contributed by atoms with van der Waals surface area (Å²) in [5, 5.41) is 2.74. The summed E-state index contributed by atoms with van der Waals surface area (Å²) < 4.78 is 9.99. The second-order valence-electron chi connectivity index (χ2n) is 3.92. The van der Waals surface area contributed by atoms with E-state index in [0.717, 1.165) is 0 Å². The maximum Gasteiger partial charge on any atom is 0.322 e. The van der Waals surface area contributed by atoms with Gasteiger partial charge in [-0.1, -0.05) is 0 Å². The fourth-order valence-electron chi connectivity index (χ4n) is 1.90. The highest BCUT2D eigenvalue weighted by molar-refractivity contribution is 5.83. The van der Waals surface area contributed by atoms with Gasteiger partial charge in [0, 0.05) is 13.1 Å². The number of esters is 1. The zero-order valence-corrected chi connectivity index (χ0v) is 10.6. The van der Waals surface area contributed by atoms with Crippen molar-refractivity contribution >= 4 is 11.9 Å². The molecule has 1 amide bonds. The molecule has 2 unspecified atom stereocenters. The minimum atomic E-state index is -0.434. The van der Waals surface area contributed by atoms with Crippen LogP contribution in [0, 0.1) is 0 Å². The minimum Gasteiger partial charge on any atom is -0.468 e. The van der Waals surface area contributed by atoms with Crippen LogP contribution in [-0.2, 0) is 19.1 Å². The zero-order valence-electron chi connectivity index (χ0n) is 10.6. The summed E-state index contributed by atoms with van der Waals surface area (Å²) in [6, 6.07) is -0.852. The van der Waals surface area contributed by atoms with Gasteiger partial charge in [0.1, 0.15) is 12.1 Å². The lowest BCUT2D eigenvalue weighted by Gasteiger charge is -2.37. The third kappa shape index (κ3) is 3.41. The monoisotopic (exact) mass is 244 g/mol. The van der Waals surface area contributed by atoms with Crippen LogP contribution in [0.15, 0.2) is 0 Å². The Labute approximate surface area is 101 Å². The first-order chi connectivity index (χ1) is 8.11. The quantitative estimate of drug-likeness (QED) is 0.668. The molecule has 0 aliphatic carbocycles. The number of methoxy groups -OCH3 is 1. The highest BCUT2D eigenvalue weighted by Gasteiger charge is 2.35. The largest absolute Gasteiger partial charge is 0.468 e. The van der Waals surface area contributed by atoms with Crippen molar-refractivity contribution in [3.8, 4) is 0 Å². The number of carbonyl (C=O) groups excluding carboxylic acids is 2. The highest BCUT2D eigenvalue weighted by atomic mass is 16.5. The molecule has 1 aliphatic rings. The molecule has 17 heavy (non-hydrogen) atoms. The number of amides is 1. The molecule has 6 nitrogen and oxygen atoms in total. The molecule has 1 heterocycles. The summed E-state index contributed by atoms with van der Waals surface area (Å²) in [5.41, 5.74) is 0. The molecule has 98 valence electrons. The van der Waals surface area contributed by atoms with E-state index in [1.54, 1.807) is 6.92 Å². The Kier molecular flexibility index (Phi) is 5.37. The summed E-state index contributed by atoms with van der Waals surface area (Å²) in [6.07, 6.45) is 0. The van der Waals surface area contributed by atoms with Gasteiger partial charge in [0.25, 0.3) is 0 Å². The van der Waals surface area contributed by atoms with E-state index in [-0.39, 0.29) is 11.9 Å². The smallest absolute Gasteiger partial charge is 0.322 e. The van der Waals surface area contributed by atoms with Crippen LogP contribution in [0.5, 0.6) is 0 Å². The Balaban J connectivity index is 2.71. The van der Waals surface area contributed by atoms with Crippen molar-refractivity contribution < 1.29 is 19.1 Å². The lowest BCUT2D eigenvalue weighted by molar-refractivity contribution is -0.152. The van der Waals surface area contributed by atoms with Crippen LogP contribution in [0.1, 0.15) is 13.8 Å². The van der Waals surface area contributed by atoms with Crippen molar-refractivity contribution in [1.29, 1.82) is 0 Å². The fourth-order valence-corrected chi connectivity index (χ4v) is 1.90. The molecule has 0 radical (unpaired) electrons. The van der Waals surface area contributed by atoms with E-state index in [1.807, 2.05) is 11.8 Å². The van der Waals surface area contributed by atoms with Crippen LogP contribution in [-0.4, -0.2) is 62.3 Å². The van der Waals surface area contributed by atoms with Gasteiger partial charge in [-0.15, -0.1) is 0 Å². The van der Waals surface area contributed by atoms with Crippen LogP contribution in [0.25, 0.3) is 0 Å². The summed E-state index contributed by atoms with van der Waals surface area (Å²) in [7, 11) is 1.35. The average molecular weight is 244 g/mol. The van der Waals surface area contributed by atoms with Gasteiger partial charge in [0.15, 0.2) is 0 Å². The van der Waals surface area contributed by atoms with Gasteiger partial charge in [0.05, 0.1) is 20.3 Å². The van der Waals surface area contributed by atoms with Gasteiger partial charge in [-0.2, -0.15) is 0 Å². The minimum absolute atomic E-state index is 0.108. The van der Waals surface area contributed by atoms with Crippen molar-refractivity contribution in [2.75, 3.05) is 33.4 Å². The first-order valence-electron chi connectivity index (χ1n) is 5.80. The summed E-state index contributed by atoms with van der Waals surface area (Å²) in [5.74, 6) is -0.441. The second kappa shape index (κ2) is 6.56. The lowest BCUT2D eigenvalue weighted by atomic mass is 10.1. The van der Waals surface area contributed by atoms with Gasteiger partial charge < -0.3 is 14.8 Å². The van der Waals surface area contributed by atoms with Crippen molar-refractivity contribution in [1.82, 2.24) is 10.2 Å². The third-order valence-corrected chi connectivity index (χ3v) is 2.86. The molecular formula is C11H20N2O4. The molecular weight excluding hydrogens is 224 g/mol. The normalized spacial score (nSPS) is 22.9. The third-order valence-electron chi connectivity index (χ3n) is 2.86. The van der Waals surface area contributed by atoms with Crippen LogP contribution in [0.2, 0.25) is 0 Å². The topological polar surface area (TPSA) is 67.9 Å². The van der Waals surface area contributed by atoms with Crippen molar-refractivity contribution in [3.63, 3.8) is 0 Å². The molecule has 0 aromatic rings. The summed E-state index contributed by atoms with van der Waals surface area (Å²) in [6.45, 7) is 5.55. The predicted molar refractivity (Wildman–Crippen MR) is 61.5 cm³/mol. The van der Waals surface area contributed by atoms with Gasteiger partial charge in [-0.25, -0.2) is 0 Å². The Morgan fingerprint density at radius 3 is 2.88 bits per heavy atom. The first-order valence-corrected chi connectivity index (χ1v) is 5.80. The fraction of sp³-hybridized carbons (Fsp3) is 0.818. The molecule has 0 aromatic heterocycles. The molecule has 0 aromatic carbocycles. The van der Waals surface area contributed by atoms with Crippen LogP contribution < -0.4 is 5.32 Å². The Morgan fingerprint density at radius 2 is 2.29 bits per heavy atom. The average Bonchev–Trinajstić information content (AvgIpc) is 2.37. The van der Waals surface area contributed by atoms with Gasteiger partial charge in [-0.05, 0) is 13.8 Å². The molecule has 0 spiro atoms. The number of nitrogens with zero attached hydrogens (tertiary/aromatic N) is 1. The molecule has 1 N–H and O–H groups in total. The number of ether oxygens (including phenoxy) is 2. The molecule has 0 saturated carbocycles. The van der Waals surface area contributed by atoms with E-state index in [9.17, 15) is 9.59 Å². The number of hydrogen-bond donors (Lipinski definition) is 1. The number of likely N-dealkylation sites (N-methyl/N-ethyl adjacent to an activating group) is 1. The van der Waals surface area contributed by atoms with Gasteiger partial charge in [-0.3, -0.25) is 14.5 Å². The van der Waals surface area contributed by atoms with E-state index in [2.05, 4.69) is 5.32 Å². The zero-order chi connectivity index (χ0) is 12.8. The van der Waals surface area contributed by atoms with Gasteiger partial charge in [0.2, 0.25) is 5.91 Å². The van der Waals surface area contributed by atoms with E-state index < -0.39 is 12.1 Å². The maximum atomic E-state index is 11.8. The Bertz CT molecular complexity index is 283. The number of carbonyl (C=O) groups is 2. The Hall–Kier alpha value is -1.14. The van der Waals surface area contributed by atoms with Crippen molar-refractivity contribution in [2.45, 2.75) is 25.9 Å². The predicted octanol–water partition coefficient (Wildman–Crippen LogP) is -0.615. The molecule has 1 aliphatic heterocycles. The molecule has 1 fully saturated rings. The SMILES string of the molecule is CCNC(=O)C1COCCN1C(C)C(=O)OC. The van der Waals surface area contributed by atoms with Crippen molar-refractivity contribution in [2.24, 2.45) is 0 Å². The maximum absolute atomic E-state index is 11.8. The van der Waals surface area contributed by atoms with Crippen LogP contribution >= 0.6 is 0 Å². The molecule has 1 saturated heterocycles. The summed E-state index contributed by atoms with van der Waals surface area (Å²) >= 11 is 0. The van der Waals surface area contributed by atoms with Gasteiger partial charge >= 0.3 is 5.97 Å². The van der Waals surface area contributed by atoms with Crippen LogP contribution in [0.3, 0.4) is 0 Å². The standard InChI is InChI=1S/C11H20N2O4/c1-4-12-10(14)9-7-17-6-5-13(9)8(2)11(15)16-3/h8-9H,4-7H2,1-3H3,(H,12,14). The number of hydrogen-bond acceptors (Lipinski definition) is 5. The second-order valence-corrected chi connectivity index (χ2v) is 3.92. The summed E-state index contributed by atoms with van der Waals surface area (Å²) in [4.78, 5) is 25.2. The van der Waals surface area contributed by atoms with E-state index in [1.165, 1.54) is 7.11 Å². The lowest BCUT2D eigenvalue weighted by Crippen LogP contribution is -2.58. The van der Waals surface area contributed by atoms with Crippen LogP contribution in [0.4, 0.5) is 0 Å². The van der Waals surface area contributed by atoms with E-state index in [4.69, 9.17) is 9.47 Å². The first kappa shape index (κ1) is 13.9. The molecule has 2 atom stereocenters. The number of rotatable bonds is 4.